The zero-order valence-electron chi connectivity index (χ0n) is 10.5. The van der Waals surface area contributed by atoms with E-state index in [1.165, 1.54) is 7.11 Å². The van der Waals surface area contributed by atoms with Gasteiger partial charge < -0.3 is 20.8 Å². The molecule has 0 amide bonds. The lowest BCUT2D eigenvalue weighted by Gasteiger charge is -2.11. The lowest BCUT2D eigenvalue weighted by atomic mass is 10.1. The molecule has 0 aliphatic rings. The molecule has 0 saturated carbocycles. The van der Waals surface area contributed by atoms with Gasteiger partial charge in [-0.05, 0) is 17.7 Å². The van der Waals surface area contributed by atoms with Gasteiger partial charge in [0.2, 0.25) is 0 Å². The van der Waals surface area contributed by atoms with Gasteiger partial charge in [0, 0.05) is 11.0 Å². The minimum absolute atomic E-state index is 0.0229. The molecular weight excluding hydrogens is 252 g/mol. The zero-order valence-corrected chi connectivity index (χ0v) is 11.3. The average Bonchev–Trinajstić information content (AvgIpc) is 2.43. The van der Waals surface area contributed by atoms with Gasteiger partial charge in [-0.3, -0.25) is 0 Å². The third-order valence-corrected chi connectivity index (χ3v) is 3.66. The van der Waals surface area contributed by atoms with Crippen molar-refractivity contribution in [2.75, 3.05) is 13.7 Å². The summed E-state index contributed by atoms with van der Waals surface area (Å²) in [5.74, 6) is 1.36. The largest absolute Gasteiger partial charge is 0.496 e. The van der Waals surface area contributed by atoms with E-state index < -0.39 is 0 Å². The van der Waals surface area contributed by atoms with E-state index in [0.717, 1.165) is 11.3 Å². The van der Waals surface area contributed by atoms with Crippen LogP contribution in [-0.4, -0.2) is 35.1 Å². The molecule has 0 radical (unpaired) electrons. The molecule has 5 nitrogen and oxygen atoms in total. The predicted molar refractivity (Wildman–Crippen MR) is 73.3 cm³/mol. The summed E-state index contributed by atoms with van der Waals surface area (Å²) in [6, 6.07) is 5.50. The van der Waals surface area contributed by atoms with Crippen molar-refractivity contribution in [2.45, 2.75) is 17.9 Å². The maximum Gasteiger partial charge on any atom is 0.173 e. The lowest BCUT2D eigenvalue weighted by Crippen LogP contribution is -2.14. The fraction of sp³-hybridized carbons (Fsp3) is 0.417. The second-order valence-corrected chi connectivity index (χ2v) is 5.25. The van der Waals surface area contributed by atoms with Crippen LogP contribution in [0.25, 0.3) is 0 Å². The molecule has 1 aromatic rings. The van der Waals surface area contributed by atoms with E-state index in [-0.39, 0.29) is 17.7 Å². The minimum atomic E-state index is 0.0229. The minimum Gasteiger partial charge on any atom is -0.496 e. The standard InChI is InChI=1S/C12H18N2O3S/c1-8(6-15)18-7-9-3-4-10(12(13)14-16)11(5-9)17-2/h3-5,8,15-16H,6-7H2,1-2H3,(H2,13,14). The van der Waals surface area contributed by atoms with E-state index in [1.54, 1.807) is 17.8 Å². The Morgan fingerprint density at radius 1 is 1.56 bits per heavy atom. The summed E-state index contributed by atoms with van der Waals surface area (Å²) in [7, 11) is 1.54. The Kier molecular flexibility index (Phi) is 5.80. The predicted octanol–water partition coefficient (Wildman–Crippen LogP) is 1.40. The number of hydrogen-bond donors (Lipinski definition) is 3. The Morgan fingerprint density at radius 2 is 2.28 bits per heavy atom. The third kappa shape index (κ3) is 3.82. The van der Waals surface area contributed by atoms with Crippen LogP contribution in [0.5, 0.6) is 5.75 Å². The highest BCUT2D eigenvalue weighted by Gasteiger charge is 2.09. The van der Waals surface area contributed by atoms with Crippen LogP contribution in [-0.2, 0) is 5.75 Å². The second-order valence-electron chi connectivity index (χ2n) is 3.82. The van der Waals surface area contributed by atoms with Crippen LogP contribution in [0, 0.1) is 0 Å². The van der Waals surface area contributed by atoms with Crippen molar-refractivity contribution in [3.8, 4) is 5.75 Å². The number of methoxy groups -OCH3 is 1. The molecule has 18 heavy (non-hydrogen) atoms. The number of hydrogen-bond acceptors (Lipinski definition) is 5. The van der Waals surface area contributed by atoms with Crippen LogP contribution >= 0.6 is 11.8 Å². The molecule has 1 rings (SSSR count). The summed E-state index contributed by atoms with van der Waals surface area (Å²) >= 11 is 1.65. The molecule has 0 bridgehead atoms. The summed E-state index contributed by atoms with van der Waals surface area (Å²) < 4.78 is 5.21. The van der Waals surface area contributed by atoms with Crippen LogP contribution in [0.1, 0.15) is 18.1 Å². The summed E-state index contributed by atoms with van der Waals surface area (Å²) in [6.07, 6.45) is 0. The highest BCUT2D eigenvalue weighted by Crippen LogP contribution is 2.24. The first-order valence-electron chi connectivity index (χ1n) is 5.49. The van der Waals surface area contributed by atoms with Crippen LogP contribution < -0.4 is 10.5 Å². The Morgan fingerprint density at radius 3 is 2.83 bits per heavy atom. The Balaban J connectivity index is 2.85. The van der Waals surface area contributed by atoms with Crippen molar-refractivity contribution in [3.63, 3.8) is 0 Å². The van der Waals surface area contributed by atoms with E-state index in [0.29, 0.717) is 11.3 Å². The summed E-state index contributed by atoms with van der Waals surface area (Å²) in [6.45, 7) is 2.12. The first kappa shape index (κ1) is 14.7. The van der Waals surface area contributed by atoms with E-state index in [4.69, 9.17) is 20.8 Å². The normalized spacial score (nSPS) is 13.4. The van der Waals surface area contributed by atoms with Crippen LogP contribution in [0.4, 0.5) is 0 Å². The maximum atomic E-state index is 8.96. The van der Waals surface area contributed by atoms with Gasteiger partial charge in [0.1, 0.15) is 5.75 Å². The average molecular weight is 270 g/mol. The molecule has 1 unspecified atom stereocenters. The number of ether oxygens (including phenoxy) is 1. The molecule has 0 saturated heterocycles. The molecule has 0 aliphatic carbocycles. The van der Waals surface area contributed by atoms with Crippen LogP contribution in [0.15, 0.2) is 23.4 Å². The molecule has 6 heteroatoms. The second kappa shape index (κ2) is 7.13. The van der Waals surface area contributed by atoms with Crippen molar-refractivity contribution in [3.05, 3.63) is 29.3 Å². The van der Waals surface area contributed by atoms with Gasteiger partial charge in [0.15, 0.2) is 5.84 Å². The van der Waals surface area contributed by atoms with Crippen molar-refractivity contribution < 1.29 is 15.1 Å². The summed E-state index contributed by atoms with van der Waals surface area (Å²) in [5, 5.41) is 20.8. The molecule has 0 spiro atoms. The van der Waals surface area contributed by atoms with Crippen molar-refractivity contribution in [2.24, 2.45) is 10.9 Å². The molecule has 1 aromatic carbocycles. The van der Waals surface area contributed by atoms with Gasteiger partial charge in [-0.2, -0.15) is 11.8 Å². The number of benzene rings is 1. The first-order valence-corrected chi connectivity index (χ1v) is 6.54. The third-order valence-electron chi connectivity index (χ3n) is 2.44. The molecular formula is C12H18N2O3S. The van der Waals surface area contributed by atoms with Gasteiger partial charge in [-0.25, -0.2) is 0 Å². The molecule has 1 atom stereocenters. The van der Waals surface area contributed by atoms with Crippen LogP contribution in [0.2, 0.25) is 0 Å². The van der Waals surface area contributed by atoms with Gasteiger partial charge in [0.05, 0.1) is 19.3 Å². The lowest BCUT2D eigenvalue weighted by molar-refractivity contribution is 0.300. The van der Waals surface area contributed by atoms with Crippen molar-refractivity contribution in [1.29, 1.82) is 0 Å². The quantitative estimate of drug-likeness (QED) is 0.315. The van der Waals surface area contributed by atoms with Crippen molar-refractivity contribution >= 4 is 17.6 Å². The SMILES string of the molecule is COc1cc(CSC(C)CO)ccc1/C(N)=N/O. The Labute approximate surface area is 111 Å². The molecule has 0 heterocycles. The highest BCUT2D eigenvalue weighted by atomic mass is 32.2. The maximum absolute atomic E-state index is 8.96. The number of amidine groups is 1. The summed E-state index contributed by atoms with van der Waals surface area (Å²) in [4.78, 5) is 0. The summed E-state index contributed by atoms with van der Waals surface area (Å²) in [5.41, 5.74) is 7.17. The fourth-order valence-corrected chi connectivity index (χ4v) is 2.14. The zero-order chi connectivity index (χ0) is 13.5. The van der Waals surface area contributed by atoms with Crippen molar-refractivity contribution in [1.82, 2.24) is 0 Å². The molecule has 0 aromatic heterocycles. The van der Waals surface area contributed by atoms with Gasteiger partial charge >= 0.3 is 0 Å². The van der Waals surface area contributed by atoms with Gasteiger partial charge in [-0.15, -0.1) is 0 Å². The van der Waals surface area contributed by atoms with E-state index in [2.05, 4.69) is 5.16 Å². The molecule has 0 aliphatic heterocycles. The number of thioether (sulfide) groups is 1. The highest BCUT2D eigenvalue weighted by molar-refractivity contribution is 7.99. The number of nitrogens with zero attached hydrogens (tertiary/aromatic N) is 1. The topological polar surface area (TPSA) is 88.1 Å². The monoisotopic (exact) mass is 270 g/mol. The number of aliphatic hydroxyl groups is 1. The Hall–Kier alpha value is -1.40. The smallest absolute Gasteiger partial charge is 0.173 e. The number of aliphatic hydroxyl groups excluding tert-OH is 1. The number of rotatable bonds is 6. The number of oxime groups is 1. The van der Waals surface area contributed by atoms with Gasteiger partial charge in [-0.1, -0.05) is 18.1 Å². The van der Waals surface area contributed by atoms with E-state index in [1.807, 2.05) is 19.1 Å². The first-order chi connectivity index (χ1) is 8.62. The van der Waals surface area contributed by atoms with E-state index >= 15 is 0 Å². The number of nitrogens with two attached hydrogens (primary N) is 1. The molecule has 4 N–H and O–H groups in total. The van der Waals surface area contributed by atoms with Crippen LogP contribution in [0.3, 0.4) is 0 Å². The Bertz CT molecular complexity index is 424. The fourth-order valence-electron chi connectivity index (χ4n) is 1.38. The molecule has 100 valence electrons. The van der Waals surface area contributed by atoms with E-state index in [9.17, 15) is 0 Å². The van der Waals surface area contributed by atoms with Gasteiger partial charge in [0.25, 0.3) is 0 Å². The molecule has 0 fully saturated rings.